The number of hydrogen-bond acceptors (Lipinski definition) is 1. The summed E-state index contributed by atoms with van der Waals surface area (Å²) in [7, 11) is 0. The molecule has 1 heterocycles. The van der Waals surface area contributed by atoms with E-state index in [1.807, 2.05) is 0 Å². The summed E-state index contributed by atoms with van der Waals surface area (Å²) in [5.74, 6) is 0. The Bertz CT molecular complexity index is 3120. The van der Waals surface area contributed by atoms with Gasteiger partial charge in [-0.3, -0.25) is 0 Å². The predicted molar refractivity (Wildman–Crippen MR) is 248 cm³/mol. The first-order chi connectivity index (χ1) is 29.1. The smallest absolute Gasteiger partial charge is 0.0713 e. The van der Waals surface area contributed by atoms with Crippen molar-refractivity contribution in [2.75, 3.05) is 4.90 Å². The number of para-hydroxylation sites is 2. The number of fused-ring (bicyclic) bond motifs is 6. The summed E-state index contributed by atoms with van der Waals surface area (Å²) >= 11 is 0. The molecule has 1 aliphatic rings. The molecule has 2 heteroatoms. The van der Waals surface area contributed by atoms with Gasteiger partial charge in [0.1, 0.15) is 0 Å². The first-order valence-electron chi connectivity index (χ1n) is 20.5. The topological polar surface area (TPSA) is 8.17 Å². The van der Waals surface area contributed by atoms with Crippen molar-refractivity contribution in [3.05, 3.63) is 252 Å². The van der Waals surface area contributed by atoms with Gasteiger partial charge in [-0.05, 0) is 124 Å². The zero-order valence-corrected chi connectivity index (χ0v) is 33.2. The molecule has 0 saturated heterocycles. The molecule has 0 radical (unpaired) electrons. The molecule has 0 atom stereocenters. The first kappa shape index (κ1) is 34.8. The zero-order chi connectivity index (χ0) is 39.5. The fourth-order valence-corrected chi connectivity index (χ4v) is 9.86. The molecule has 0 amide bonds. The number of aromatic nitrogens is 1. The molecule has 11 rings (SSSR count). The molecule has 0 aliphatic heterocycles. The summed E-state index contributed by atoms with van der Waals surface area (Å²) in [5.41, 5.74) is 19.2. The molecule has 0 unspecified atom stereocenters. The molecule has 0 N–H and O–H groups in total. The molecule has 59 heavy (non-hydrogen) atoms. The molecule has 0 saturated carbocycles. The fraction of sp³-hybridized carbons (Fsp3) is 0.0526. The van der Waals surface area contributed by atoms with E-state index < -0.39 is 5.41 Å². The average molecular weight is 755 g/mol. The van der Waals surface area contributed by atoms with Gasteiger partial charge < -0.3 is 9.47 Å². The lowest BCUT2D eigenvalue weighted by Gasteiger charge is -2.34. The molecule has 1 aliphatic carbocycles. The second-order valence-electron chi connectivity index (χ2n) is 15.8. The second kappa shape index (κ2) is 13.9. The van der Waals surface area contributed by atoms with Crippen LogP contribution in [0.4, 0.5) is 17.1 Å². The van der Waals surface area contributed by atoms with Crippen LogP contribution in [0, 0.1) is 13.8 Å². The van der Waals surface area contributed by atoms with E-state index in [0.717, 1.165) is 22.7 Å². The molecule has 0 bridgehead atoms. The highest BCUT2D eigenvalue weighted by atomic mass is 15.1. The molecule has 1 aromatic heterocycles. The quantitative estimate of drug-likeness (QED) is 0.157. The molecule has 2 nitrogen and oxygen atoms in total. The van der Waals surface area contributed by atoms with E-state index in [2.05, 4.69) is 242 Å². The van der Waals surface area contributed by atoms with Gasteiger partial charge in [-0.25, -0.2) is 0 Å². The van der Waals surface area contributed by atoms with Gasteiger partial charge in [0, 0.05) is 27.8 Å². The Labute approximate surface area is 345 Å². The molecule has 9 aromatic carbocycles. The van der Waals surface area contributed by atoms with Crippen molar-refractivity contribution >= 4 is 38.9 Å². The Balaban J connectivity index is 1.11. The summed E-state index contributed by atoms with van der Waals surface area (Å²) in [5, 5.41) is 2.45. The van der Waals surface area contributed by atoms with Crippen LogP contribution in [0.15, 0.2) is 218 Å². The van der Waals surface area contributed by atoms with Gasteiger partial charge in [-0.15, -0.1) is 0 Å². The van der Waals surface area contributed by atoms with Crippen LogP contribution in [0.25, 0.3) is 49.7 Å². The van der Waals surface area contributed by atoms with E-state index in [0.29, 0.717) is 0 Å². The molecule has 0 fully saturated rings. The Kier molecular flexibility index (Phi) is 8.20. The van der Waals surface area contributed by atoms with Gasteiger partial charge in [-0.1, -0.05) is 164 Å². The van der Waals surface area contributed by atoms with Crippen molar-refractivity contribution in [1.82, 2.24) is 4.57 Å². The highest BCUT2D eigenvalue weighted by molar-refractivity contribution is 6.16. The monoisotopic (exact) mass is 754 g/mol. The maximum atomic E-state index is 2.45. The zero-order valence-electron chi connectivity index (χ0n) is 33.2. The summed E-state index contributed by atoms with van der Waals surface area (Å²) in [6.45, 7) is 4.40. The maximum Gasteiger partial charge on any atom is 0.0713 e. The van der Waals surface area contributed by atoms with Gasteiger partial charge in [0.15, 0.2) is 0 Å². The largest absolute Gasteiger partial charge is 0.310 e. The van der Waals surface area contributed by atoms with Crippen LogP contribution in [0.2, 0.25) is 0 Å². The number of hydrogen-bond donors (Lipinski definition) is 0. The van der Waals surface area contributed by atoms with Gasteiger partial charge in [0.2, 0.25) is 0 Å². The molecular weight excluding hydrogens is 713 g/mol. The van der Waals surface area contributed by atoms with E-state index in [9.17, 15) is 0 Å². The highest BCUT2D eigenvalue weighted by Gasteiger charge is 2.46. The van der Waals surface area contributed by atoms with E-state index in [4.69, 9.17) is 0 Å². The molecule has 280 valence electrons. The lowest BCUT2D eigenvalue weighted by Crippen LogP contribution is -2.28. The van der Waals surface area contributed by atoms with Crippen LogP contribution >= 0.6 is 0 Å². The summed E-state index contributed by atoms with van der Waals surface area (Å²) in [6.07, 6.45) is 0. The minimum Gasteiger partial charge on any atom is -0.310 e. The summed E-state index contributed by atoms with van der Waals surface area (Å²) in [6, 6.07) is 80.3. The van der Waals surface area contributed by atoms with E-state index in [-0.39, 0.29) is 0 Å². The van der Waals surface area contributed by atoms with Crippen molar-refractivity contribution in [1.29, 1.82) is 0 Å². The lowest BCUT2D eigenvalue weighted by atomic mass is 9.67. The van der Waals surface area contributed by atoms with E-state index in [1.165, 1.54) is 77.4 Å². The first-order valence-corrected chi connectivity index (χ1v) is 20.5. The highest BCUT2D eigenvalue weighted by Crippen LogP contribution is 2.58. The minimum atomic E-state index is -0.442. The predicted octanol–water partition coefficient (Wildman–Crippen LogP) is 14.9. The third kappa shape index (κ3) is 5.34. The second-order valence-corrected chi connectivity index (χ2v) is 15.8. The van der Waals surface area contributed by atoms with Crippen LogP contribution in [-0.2, 0) is 5.41 Å². The molecule has 0 spiro atoms. The molecular formula is C57H42N2. The Morgan fingerprint density at radius 1 is 0.424 bits per heavy atom. The number of aryl methyl sites for hydroxylation is 2. The van der Waals surface area contributed by atoms with Gasteiger partial charge >= 0.3 is 0 Å². The Morgan fingerprint density at radius 2 is 1.00 bits per heavy atom. The average Bonchev–Trinajstić information content (AvgIpc) is 3.80. The van der Waals surface area contributed by atoms with Gasteiger partial charge in [0.05, 0.1) is 22.1 Å². The SMILES string of the molecule is Cc1ccc(N(c2ccc(-c3cccc4c3-c3ccccc3C4(c3ccccc3)c3ccccc3)cc2)c2cccc3c2c2ccccc2n3-c2ccccc2)cc1C. The number of anilines is 3. The van der Waals surface area contributed by atoms with Gasteiger partial charge in [0.25, 0.3) is 0 Å². The Morgan fingerprint density at radius 3 is 1.73 bits per heavy atom. The summed E-state index contributed by atoms with van der Waals surface area (Å²) < 4.78 is 2.40. The van der Waals surface area contributed by atoms with Crippen LogP contribution < -0.4 is 4.90 Å². The van der Waals surface area contributed by atoms with E-state index in [1.54, 1.807) is 0 Å². The van der Waals surface area contributed by atoms with Crippen molar-refractivity contribution < 1.29 is 0 Å². The van der Waals surface area contributed by atoms with Crippen molar-refractivity contribution in [2.24, 2.45) is 0 Å². The van der Waals surface area contributed by atoms with Crippen LogP contribution in [0.5, 0.6) is 0 Å². The van der Waals surface area contributed by atoms with Crippen molar-refractivity contribution in [3.8, 4) is 27.9 Å². The normalized spacial score (nSPS) is 12.7. The number of benzene rings is 9. The fourth-order valence-electron chi connectivity index (χ4n) is 9.86. The third-order valence-electron chi connectivity index (χ3n) is 12.6. The third-order valence-corrected chi connectivity index (χ3v) is 12.6. The summed E-state index contributed by atoms with van der Waals surface area (Å²) in [4.78, 5) is 2.45. The van der Waals surface area contributed by atoms with Crippen LogP contribution in [-0.4, -0.2) is 4.57 Å². The Hall–Kier alpha value is -7.42. The van der Waals surface area contributed by atoms with Crippen LogP contribution in [0.3, 0.4) is 0 Å². The van der Waals surface area contributed by atoms with Crippen LogP contribution in [0.1, 0.15) is 33.4 Å². The van der Waals surface area contributed by atoms with Crippen molar-refractivity contribution in [2.45, 2.75) is 19.3 Å². The minimum absolute atomic E-state index is 0.442. The molecule has 10 aromatic rings. The maximum absolute atomic E-state index is 2.45. The van der Waals surface area contributed by atoms with Crippen molar-refractivity contribution in [3.63, 3.8) is 0 Å². The number of nitrogens with zero attached hydrogens (tertiary/aromatic N) is 2. The standard InChI is InChI=1S/C57H42N2/c1-39-32-35-46(38-40(39)2)58(53-30-17-31-54-56(53)49-25-13-15-29-52(49)59(54)44-22-10-5-11-23-44)45-36-33-41(34-37-45)47-26-16-28-51-55(47)48-24-12-14-27-50(48)57(51,42-18-6-3-7-19-42)43-20-8-4-9-21-43/h3-38H,1-2H3. The lowest BCUT2D eigenvalue weighted by molar-refractivity contribution is 0.768. The number of rotatable bonds is 7. The van der Waals surface area contributed by atoms with Gasteiger partial charge in [-0.2, -0.15) is 0 Å². The van der Waals surface area contributed by atoms with E-state index >= 15 is 0 Å².